The van der Waals surface area contributed by atoms with Crippen LogP contribution in [0.25, 0.3) is 11.1 Å². The van der Waals surface area contributed by atoms with Crippen molar-refractivity contribution < 1.29 is 0 Å². The first kappa shape index (κ1) is 15.4. The highest BCUT2D eigenvalue weighted by Crippen LogP contribution is 2.21. The molecule has 0 radical (unpaired) electrons. The van der Waals surface area contributed by atoms with Gasteiger partial charge in [-0.05, 0) is 48.3 Å². The van der Waals surface area contributed by atoms with Gasteiger partial charge in [-0.2, -0.15) is 0 Å². The molecule has 0 aliphatic rings. The quantitative estimate of drug-likeness (QED) is 0.510. The van der Waals surface area contributed by atoms with E-state index in [-0.39, 0.29) is 0 Å². The maximum Gasteiger partial charge on any atom is 0.0520 e. The molecule has 0 aliphatic carbocycles. The summed E-state index contributed by atoms with van der Waals surface area (Å²) in [5.41, 5.74) is 5.93. The Labute approximate surface area is 132 Å². The smallest absolute Gasteiger partial charge is 0.0520 e. The molecule has 0 atom stereocenters. The second-order valence-electron chi connectivity index (χ2n) is 5.09. The van der Waals surface area contributed by atoms with E-state index >= 15 is 0 Å². The van der Waals surface area contributed by atoms with Crippen LogP contribution in [0.3, 0.4) is 0 Å². The van der Waals surface area contributed by atoms with E-state index in [9.17, 15) is 0 Å². The van der Waals surface area contributed by atoms with Gasteiger partial charge in [0.25, 0.3) is 0 Å². The third kappa shape index (κ3) is 4.24. The molecule has 0 unspecified atom stereocenters. The van der Waals surface area contributed by atoms with Crippen molar-refractivity contribution in [3.05, 3.63) is 77.9 Å². The van der Waals surface area contributed by atoms with E-state index in [4.69, 9.17) is 11.8 Å². The summed E-state index contributed by atoms with van der Waals surface area (Å²) < 4.78 is 1.59. The summed E-state index contributed by atoms with van der Waals surface area (Å²) >= 11 is 5.91. The van der Waals surface area contributed by atoms with Gasteiger partial charge in [-0.1, -0.05) is 54.6 Å². The predicted molar refractivity (Wildman–Crippen MR) is 94.4 cm³/mol. The van der Waals surface area contributed by atoms with E-state index in [2.05, 4.69) is 62.4 Å². The molecule has 108 valence electrons. The monoisotopic (exact) mass is 297 g/mol. The van der Waals surface area contributed by atoms with Gasteiger partial charge in [0, 0.05) is 18.8 Å². The molecule has 2 rings (SSSR count). The van der Waals surface area contributed by atoms with Crippen molar-refractivity contribution in [2.45, 2.75) is 13.8 Å². The van der Waals surface area contributed by atoms with Crippen LogP contribution in [0.4, 0.5) is 5.69 Å². The Bertz CT molecular complexity index is 637. The number of benzene rings is 2. The largest absolute Gasteiger partial charge is 0.288 e. The number of hydrogen-bond acceptors (Lipinski definition) is 1. The summed E-state index contributed by atoms with van der Waals surface area (Å²) in [5.74, 6) is 0. The minimum atomic E-state index is 0.990. The van der Waals surface area contributed by atoms with Crippen molar-refractivity contribution in [3.63, 3.8) is 0 Å². The molecule has 0 amide bonds. The third-order valence-corrected chi connectivity index (χ3v) is 3.69. The lowest BCUT2D eigenvalue weighted by molar-refractivity contribution is 1.34. The second kappa shape index (κ2) is 7.14. The van der Waals surface area contributed by atoms with E-state index in [1.807, 2.05) is 25.2 Å². The molecule has 0 fully saturated rings. The van der Waals surface area contributed by atoms with Crippen molar-refractivity contribution in [1.82, 2.24) is 0 Å². The van der Waals surface area contributed by atoms with E-state index in [0.717, 1.165) is 5.69 Å². The first-order chi connectivity index (χ1) is 10.1. The van der Waals surface area contributed by atoms with Crippen molar-refractivity contribution >= 4 is 28.6 Å². The summed E-state index contributed by atoms with van der Waals surface area (Å²) in [7, 11) is 1.82. The molecule has 0 saturated carbocycles. The minimum absolute atomic E-state index is 0.990. The molecule has 0 heterocycles. The molecule has 2 heteroatoms. The summed E-state index contributed by atoms with van der Waals surface area (Å²) in [4.78, 5) is 0. The Kier molecular flexibility index (Phi) is 5.24. The topological polar surface area (TPSA) is 3.24 Å². The van der Waals surface area contributed by atoms with Crippen molar-refractivity contribution in [2.75, 3.05) is 11.5 Å². The molecule has 2 aromatic rings. The number of anilines is 1. The Morgan fingerprint density at radius 2 is 1.29 bits per heavy atom. The van der Waals surface area contributed by atoms with Crippen LogP contribution in [0.2, 0.25) is 0 Å². The number of hydrogen-bond donors (Lipinski definition) is 0. The van der Waals surface area contributed by atoms with E-state index < -0.39 is 0 Å². The van der Waals surface area contributed by atoms with Crippen LogP contribution in [0.5, 0.6) is 0 Å². The van der Waals surface area contributed by atoms with Crippen LogP contribution in [0.1, 0.15) is 25.0 Å². The number of nitrogens with zero attached hydrogens (tertiary/aromatic N) is 1. The summed E-state index contributed by atoms with van der Waals surface area (Å²) in [5, 5.41) is 0. The van der Waals surface area contributed by atoms with Gasteiger partial charge in [-0.25, -0.2) is 0 Å². The number of rotatable bonds is 4. The normalized spacial score (nSPS) is 12.4. The number of allylic oxidation sites excluding steroid dienone is 4. The summed E-state index contributed by atoms with van der Waals surface area (Å²) in [6, 6.07) is 18.6. The molecule has 0 bridgehead atoms. The lowest BCUT2D eigenvalue weighted by Crippen LogP contribution is -1.99. The molecule has 0 aliphatic heterocycles. The molecule has 0 aromatic heterocycles. The fraction of sp³-hybridized carbons (Fsp3) is 0.158. The highest BCUT2D eigenvalue weighted by Gasteiger charge is 1.99. The molecule has 2 aromatic carbocycles. The zero-order chi connectivity index (χ0) is 15.2. The van der Waals surface area contributed by atoms with Crippen LogP contribution in [0, 0.1) is 0 Å². The van der Waals surface area contributed by atoms with Gasteiger partial charge >= 0.3 is 0 Å². The van der Waals surface area contributed by atoms with Crippen LogP contribution in [-0.2, 0) is 0 Å². The fourth-order valence-corrected chi connectivity index (χ4v) is 2.19. The van der Waals surface area contributed by atoms with Gasteiger partial charge in [0.2, 0.25) is 0 Å². The minimum Gasteiger partial charge on any atom is -0.288 e. The highest BCUT2D eigenvalue weighted by atomic mass is 35.5. The predicted octanol–water partition coefficient (Wildman–Crippen LogP) is 5.78. The van der Waals surface area contributed by atoms with E-state index in [1.165, 1.54) is 22.3 Å². The van der Waals surface area contributed by atoms with Crippen molar-refractivity contribution in [2.24, 2.45) is 0 Å². The Morgan fingerprint density at radius 3 is 1.76 bits per heavy atom. The van der Waals surface area contributed by atoms with Crippen molar-refractivity contribution in [3.8, 4) is 0 Å². The lowest BCUT2D eigenvalue weighted by Gasteiger charge is -2.09. The van der Waals surface area contributed by atoms with Crippen molar-refractivity contribution in [1.29, 1.82) is 0 Å². The van der Waals surface area contributed by atoms with Crippen LogP contribution in [-0.4, -0.2) is 7.05 Å². The third-order valence-electron chi connectivity index (χ3n) is 3.49. The zero-order valence-electron chi connectivity index (χ0n) is 12.7. The van der Waals surface area contributed by atoms with Crippen LogP contribution >= 0.6 is 11.8 Å². The van der Waals surface area contributed by atoms with Crippen LogP contribution < -0.4 is 4.42 Å². The maximum absolute atomic E-state index is 5.91. The molecule has 0 saturated heterocycles. The standard InChI is InChI=1S/C19H20ClN/c1-15(17-7-5-4-6-8-17)9-10-16(2)18-11-13-19(14-12-18)21(3)20/h4-14H,1-3H3. The van der Waals surface area contributed by atoms with Gasteiger partial charge in [0.15, 0.2) is 0 Å². The first-order valence-corrected chi connectivity index (χ1v) is 7.32. The Hall–Kier alpha value is -1.99. The molecule has 1 nitrogen and oxygen atoms in total. The van der Waals surface area contributed by atoms with Gasteiger partial charge in [-0.3, -0.25) is 4.42 Å². The van der Waals surface area contributed by atoms with Gasteiger partial charge in [-0.15, -0.1) is 0 Å². The molecule has 21 heavy (non-hydrogen) atoms. The van der Waals surface area contributed by atoms with E-state index in [0.29, 0.717) is 0 Å². The summed E-state index contributed by atoms with van der Waals surface area (Å²) in [6.07, 6.45) is 4.31. The first-order valence-electron chi connectivity index (χ1n) is 6.98. The van der Waals surface area contributed by atoms with Gasteiger partial charge in [0.1, 0.15) is 0 Å². The lowest BCUT2D eigenvalue weighted by atomic mass is 10.0. The number of halogens is 1. The van der Waals surface area contributed by atoms with Gasteiger partial charge < -0.3 is 0 Å². The molecule has 0 N–H and O–H groups in total. The SMILES string of the molecule is CC(=CC=C(C)c1ccc(N(C)Cl)cc1)c1ccccc1. The van der Waals surface area contributed by atoms with Gasteiger partial charge in [0.05, 0.1) is 5.69 Å². The van der Waals surface area contributed by atoms with E-state index in [1.54, 1.807) is 4.42 Å². The molecular formula is C19H20ClN. The fourth-order valence-electron chi connectivity index (χ4n) is 2.07. The summed E-state index contributed by atoms with van der Waals surface area (Å²) in [6.45, 7) is 4.25. The Balaban J connectivity index is 2.17. The maximum atomic E-state index is 5.91. The molecule has 0 spiro atoms. The zero-order valence-corrected chi connectivity index (χ0v) is 13.4. The molecular weight excluding hydrogens is 278 g/mol. The Morgan fingerprint density at radius 1 is 0.810 bits per heavy atom. The highest BCUT2D eigenvalue weighted by molar-refractivity contribution is 6.25. The average molecular weight is 298 g/mol. The second-order valence-corrected chi connectivity index (χ2v) is 5.60. The average Bonchev–Trinajstić information content (AvgIpc) is 2.53. The van der Waals surface area contributed by atoms with Crippen LogP contribution in [0.15, 0.2) is 66.7 Å².